The van der Waals surface area contributed by atoms with Gasteiger partial charge in [0.2, 0.25) is 5.91 Å². The highest BCUT2D eigenvalue weighted by molar-refractivity contribution is 5.94. The van der Waals surface area contributed by atoms with Crippen LogP contribution in [0, 0.1) is 0 Å². The molecule has 0 radical (unpaired) electrons. The summed E-state index contributed by atoms with van der Waals surface area (Å²) < 4.78 is 5.13. The van der Waals surface area contributed by atoms with E-state index in [0.29, 0.717) is 18.7 Å². The number of hydrogen-bond acceptors (Lipinski definition) is 3. The van der Waals surface area contributed by atoms with Crippen LogP contribution in [-0.2, 0) is 4.79 Å². The Morgan fingerprint density at radius 3 is 2.33 bits per heavy atom. The first-order chi connectivity index (χ1) is 13.2. The Labute approximate surface area is 159 Å². The minimum atomic E-state index is -0.0558. The first kappa shape index (κ1) is 18.7. The van der Waals surface area contributed by atoms with Gasteiger partial charge in [-0.15, -0.1) is 0 Å². The average molecular weight is 364 g/mol. The van der Waals surface area contributed by atoms with Gasteiger partial charge in [0.1, 0.15) is 5.75 Å². The van der Waals surface area contributed by atoms with E-state index in [1.807, 2.05) is 53.4 Å². The molecule has 0 saturated carbocycles. The second-order valence-corrected chi connectivity index (χ2v) is 6.55. The van der Waals surface area contributed by atoms with Crippen molar-refractivity contribution in [1.29, 1.82) is 0 Å². The van der Waals surface area contributed by atoms with Crippen LogP contribution in [0.3, 0.4) is 0 Å². The Kier molecular flexibility index (Phi) is 6.26. The van der Waals surface area contributed by atoms with Crippen molar-refractivity contribution in [2.24, 2.45) is 0 Å². The first-order valence-electron chi connectivity index (χ1n) is 9.12. The molecule has 0 spiro atoms. The highest BCUT2D eigenvalue weighted by atomic mass is 16.5. The number of nitrogens with zero attached hydrogens (tertiary/aromatic N) is 1. The second kappa shape index (κ2) is 9.03. The van der Waals surface area contributed by atoms with E-state index in [9.17, 15) is 9.59 Å². The molecular weight excluding hydrogens is 340 g/mol. The fourth-order valence-electron chi connectivity index (χ4n) is 3.09. The summed E-state index contributed by atoms with van der Waals surface area (Å²) in [5.41, 5.74) is 1.62. The van der Waals surface area contributed by atoms with Gasteiger partial charge >= 0.3 is 0 Å². The molecule has 0 unspecified atom stereocenters. The maximum Gasteiger partial charge on any atom is 0.251 e. The molecule has 2 aromatic carbocycles. The van der Waals surface area contributed by atoms with Crippen molar-refractivity contribution in [3.63, 3.8) is 0 Å². The van der Waals surface area contributed by atoms with E-state index in [1.54, 1.807) is 25.3 Å². The minimum absolute atomic E-state index is 0.00125. The van der Waals surface area contributed by atoms with Gasteiger partial charge in [-0.2, -0.15) is 0 Å². The molecule has 1 aliphatic rings. The van der Waals surface area contributed by atoms with Crippen molar-refractivity contribution < 1.29 is 14.3 Å². The summed E-state index contributed by atoms with van der Waals surface area (Å²) in [7, 11) is 1.63. The molecule has 0 bridgehead atoms. The zero-order chi connectivity index (χ0) is 19.1. The van der Waals surface area contributed by atoms with Crippen molar-refractivity contribution in [2.75, 3.05) is 20.2 Å². The fraction of sp³-hybridized carbons (Fsp3) is 0.273. The summed E-state index contributed by atoms with van der Waals surface area (Å²) in [5.74, 6) is 0.733. The van der Waals surface area contributed by atoms with E-state index in [-0.39, 0.29) is 17.9 Å². The number of piperidine rings is 1. The summed E-state index contributed by atoms with van der Waals surface area (Å²) in [5, 5.41) is 3.06. The normalized spacial score (nSPS) is 14.9. The first-order valence-corrected chi connectivity index (χ1v) is 9.12. The third-order valence-corrected chi connectivity index (χ3v) is 4.71. The highest BCUT2D eigenvalue weighted by Gasteiger charge is 2.23. The van der Waals surface area contributed by atoms with Gasteiger partial charge in [0.25, 0.3) is 5.91 Å². The zero-order valence-electron chi connectivity index (χ0n) is 15.4. The largest absolute Gasteiger partial charge is 0.497 e. The average Bonchev–Trinajstić information content (AvgIpc) is 2.73. The lowest BCUT2D eigenvalue weighted by Gasteiger charge is -2.31. The minimum Gasteiger partial charge on any atom is -0.497 e. The van der Waals surface area contributed by atoms with Crippen LogP contribution in [0.15, 0.2) is 60.7 Å². The molecule has 1 fully saturated rings. The van der Waals surface area contributed by atoms with Crippen molar-refractivity contribution >= 4 is 17.9 Å². The molecule has 2 aromatic rings. The molecule has 5 nitrogen and oxygen atoms in total. The molecule has 1 aliphatic heterocycles. The number of benzene rings is 2. The number of carbonyl (C=O) groups excluding carboxylic acids is 2. The Hall–Kier alpha value is -3.08. The van der Waals surface area contributed by atoms with Crippen LogP contribution >= 0.6 is 0 Å². The van der Waals surface area contributed by atoms with E-state index in [2.05, 4.69) is 5.32 Å². The maximum absolute atomic E-state index is 12.4. The molecule has 140 valence electrons. The Bertz CT molecular complexity index is 792. The Morgan fingerprint density at radius 1 is 1.04 bits per heavy atom. The number of methoxy groups -OCH3 is 1. The molecule has 2 amide bonds. The number of carbonyl (C=O) groups is 2. The lowest BCUT2D eigenvalue weighted by Crippen LogP contribution is -2.46. The van der Waals surface area contributed by atoms with Crippen LogP contribution in [0.25, 0.3) is 6.08 Å². The van der Waals surface area contributed by atoms with E-state index in [1.165, 1.54) is 0 Å². The third kappa shape index (κ3) is 5.20. The highest BCUT2D eigenvalue weighted by Crippen LogP contribution is 2.14. The van der Waals surface area contributed by atoms with Gasteiger partial charge in [0.15, 0.2) is 0 Å². The SMILES string of the molecule is COc1ccc(/C=C/C(=O)N2CCC(NC(=O)c3ccccc3)CC2)cc1. The Morgan fingerprint density at radius 2 is 1.70 bits per heavy atom. The fourth-order valence-corrected chi connectivity index (χ4v) is 3.09. The second-order valence-electron chi connectivity index (χ2n) is 6.55. The summed E-state index contributed by atoms with van der Waals surface area (Å²) in [6.07, 6.45) is 4.94. The van der Waals surface area contributed by atoms with Crippen LogP contribution < -0.4 is 10.1 Å². The molecule has 0 aliphatic carbocycles. The topological polar surface area (TPSA) is 58.6 Å². The summed E-state index contributed by atoms with van der Waals surface area (Å²) in [4.78, 5) is 26.4. The van der Waals surface area contributed by atoms with Gasteiger partial charge in [-0.05, 0) is 48.7 Å². The van der Waals surface area contributed by atoms with E-state index >= 15 is 0 Å². The number of likely N-dealkylation sites (tertiary alicyclic amines) is 1. The quantitative estimate of drug-likeness (QED) is 0.830. The van der Waals surface area contributed by atoms with Crippen molar-refractivity contribution in [3.05, 3.63) is 71.8 Å². The summed E-state index contributed by atoms with van der Waals surface area (Å²) >= 11 is 0. The summed E-state index contributed by atoms with van der Waals surface area (Å²) in [6, 6.07) is 16.9. The zero-order valence-corrected chi connectivity index (χ0v) is 15.4. The number of rotatable bonds is 5. The molecule has 1 heterocycles. The smallest absolute Gasteiger partial charge is 0.251 e. The lowest BCUT2D eigenvalue weighted by molar-refractivity contribution is -0.126. The maximum atomic E-state index is 12.4. The van der Waals surface area contributed by atoms with Crippen LogP contribution in [0.5, 0.6) is 5.75 Å². The van der Waals surface area contributed by atoms with E-state index in [0.717, 1.165) is 24.2 Å². The van der Waals surface area contributed by atoms with E-state index in [4.69, 9.17) is 4.74 Å². The molecule has 3 rings (SSSR count). The molecule has 1 saturated heterocycles. The predicted octanol–water partition coefficient (Wildman–Crippen LogP) is 3.13. The van der Waals surface area contributed by atoms with Gasteiger partial charge in [-0.25, -0.2) is 0 Å². The van der Waals surface area contributed by atoms with Crippen LogP contribution in [0.1, 0.15) is 28.8 Å². The van der Waals surface area contributed by atoms with Gasteiger partial charge in [-0.1, -0.05) is 30.3 Å². The number of amides is 2. The molecule has 0 atom stereocenters. The number of hydrogen-bond donors (Lipinski definition) is 1. The molecule has 1 N–H and O–H groups in total. The lowest BCUT2D eigenvalue weighted by atomic mass is 10.0. The van der Waals surface area contributed by atoms with Crippen LogP contribution in [0.2, 0.25) is 0 Å². The Balaban J connectivity index is 1.47. The molecule has 27 heavy (non-hydrogen) atoms. The number of ether oxygens (including phenoxy) is 1. The molecule has 0 aromatic heterocycles. The summed E-state index contributed by atoms with van der Waals surface area (Å²) in [6.45, 7) is 1.29. The standard InChI is InChI=1S/C22H24N2O3/c1-27-20-10-7-17(8-11-20)9-12-21(25)24-15-13-19(14-16-24)23-22(26)18-5-3-2-4-6-18/h2-12,19H,13-16H2,1H3,(H,23,26)/b12-9+. The molecular formula is C22H24N2O3. The van der Waals surface area contributed by atoms with Crippen LogP contribution in [0.4, 0.5) is 0 Å². The van der Waals surface area contributed by atoms with Crippen LogP contribution in [-0.4, -0.2) is 43.0 Å². The van der Waals surface area contributed by atoms with Gasteiger partial charge in [-0.3, -0.25) is 9.59 Å². The van der Waals surface area contributed by atoms with Crippen molar-refractivity contribution in [2.45, 2.75) is 18.9 Å². The van der Waals surface area contributed by atoms with Gasteiger partial charge in [0.05, 0.1) is 7.11 Å². The number of nitrogens with one attached hydrogen (secondary N) is 1. The molecule has 5 heteroatoms. The third-order valence-electron chi connectivity index (χ3n) is 4.71. The van der Waals surface area contributed by atoms with Crippen molar-refractivity contribution in [3.8, 4) is 5.75 Å². The van der Waals surface area contributed by atoms with Gasteiger partial charge < -0.3 is 15.0 Å². The van der Waals surface area contributed by atoms with E-state index < -0.39 is 0 Å². The van der Waals surface area contributed by atoms with Crippen molar-refractivity contribution in [1.82, 2.24) is 10.2 Å². The monoisotopic (exact) mass is 364 g/mol. The van der Waals surface area contributed by atoms with Gasteiger partial charge in [0, 0.05) is 30.8 Å². The predicted molar refractivity (Wildman–Crippen MR) is 106 cm³/mol.